The Morgan fingerprint density at radius 2 is 2.14 bits per heavy atom. The second kappa shape index (κ2) is 3.73. The van der Waals surface area contributed by atoms with Crippen LogP contribution in [0.4, 0.5) is 0 Å². The molecule has 0 aromatic carbocycles. The third-order valence-corrected chi connectivity index (χ3v) is 3.12. The first-order valence-electron chi connectivity index (χ1n) is 5.25. The van der Waals surface area contributed by atoms with Crippen molar-refractivity contribution in [2.24, 2.45) is 5.92 Å². The summed E-state index contributed by atoms with van der Waals surface area (Å²) < 4.78 is 5.51. The van der Waals surface area contributed by atoms with Gasteiger partial charge in [-0.05, 0) is 19.8 Å². The monoisotopic (exact) mass is 196 g/mol. The fourth-order valence-electron chi connectivity index (χ4n) is 2.23. The van der Waals surface area contributed by atoms with Crippen LogP contribution in [0.25, 0.3) is 0 Å². The van der Waals surface area contributed by atoms with E-state index in [1.165, 1.54) is 12.8 Å². The molecule has 0 bridgehead atoms. The molecular formula is C11H16O3. The van der Waals surface area contributed by atoms with Crippen LogP contribution in [0, 0.1) is 5.92 Å². The first kappa shape index (κ1) is 9.71. The van der Waals surface area contributed by atoms with E-state index in [-0.39, 0.29) is 0 Å². The molecule has 3 heteroatoms. The maximum atomic E-state index is 10.7. The lowest BCUT2D eigenvalue weighted by atomic mass is 9.97. The van der Waals surface area contributed by atoms with Gasteiger partial charge in [0, 0.05) is 11.5 Å². The van der Waals surface area contributed by atoms with Gasteiger partial charge in [-0.1, -0.05) is 18.9 Å². The number of aliphatic carboxylic acids is 1. The molecule has 0 radical (unpaired) electrons. The van der Waals surface area contributed by atoms with Crippen molar-refractivity contribution in [1.29, 1.82) is 0 Å². The van der Waals surface area contributed by atoms with Crippen molar-refractivity contribution < 1.29 is 14.6 Å². The number of hydrogen-bond acceptors (Lipinski definition) is 2. The normalized spacial score (nSPS) is 37.2. The molecule has 2 rings (SSSR count). The van der Waals surface area contributed by atoms with Gasteiger partial charge in [0.1, 0.15) is 0 Å². The highest BCUT2D eigenvalue weighted by Gasteiger charge is 2.44. The summed E-state index contributed by atoms with van der Waals surface area (Å²) >= 11 is 0. The zero-order valence-electron chi connectivity index (χ0n) is 8.40. The van der Waals surface area contributed by atoms with Gasteiger partial charge in [0.2, 0.25) is 0 Å². The van der Waals surface area contributed by atoms with Crippen LogP contribution in [0.15, 0.2) is 11.6 Å². The third kappa shape index (κ3) is 1.98. The zero-order valence-corrected chi connectivity index (χ0v) is 8.40. The Labute approximate surface area is 83.8 Å². The Morgan fingerprint density at radius 1 is 1.43 bits per heavy atom. The predicted octanol–water partition coefficient (Wildman–Crippen LogP) is 1.97. The number of epoxide rings is 1. The minimum atomic E-state index is -0.813. The first-order chi connectivity index (χ1) is 6.68. The van der Waals surface area contributed by atoms with Crippen molar-refractivity contribution in [2.45, 2.75) is 44.8 Å². The molecule has 2 aliphatic rings. The molecule has 0 amide bonds. The van der Waals surface area contributed by atoms with Crippen LogP contribution < -0.4 is 0 Å². The summed E-state index contributed by atoms with van der Waals surface area (Å²) in [5.41, 5.74) is 0.450. The molecule has 1 saturated heterocycles. The molecular weight excluding hydrogens is 180 g/mol. The van der Waals surface area contributed by atoms with E-state index in [0.29, 0.717) is 23.7 Å². The summed E-state index contributed by atoms with van der Waals surface area (Å²) in [5, 5.41) is 8.77. The van der Waals surface area contributed by atoms with Gasteiger partial charge < -0.3 is 9.84 Å². The van der Waals surface area contributed by atoms with Crippen molar-refractivity contribution in [3.63, 3.8) is 0 Å². The van der Waals surface area contributed by atoms with Crippen LogP contribution >= 0.6 is 0 Å². The topological polar surface area (TPSA) is 49.8 Å². The van der Waals surface area contributed by atoms with Gasteiger partial charge in [-0.2, -0.15) is 0 Å². The summed E-state index contributed by atoms with van der Waals surface area (Å²) in [6.45, 7) is 1.66. The maximum Gasteiger partial charge on any atom is 0.330 e. The summed E-state index contributed by atoms with van der Waals surface area (Å²) in [5.74, 6) is -0.481. The molecule has 1 saturated carbocycles. The molecule has 3 atom stereocenters. The molecule has 3 nitrogen and oxygen atoms in total. The van der Waals surface area contributed by atoms with Crippen molar-refractivity contribution in [2.75, 3.05) is 0 Å². The molecule has 0 aromatic rings. The second-order valence-electron chi connectivity index (χ2n) is 4.24. The number of carbonyl (C=O) groups is 1. The van der Waals surface area contributed by atoms with E-state index in [9.17, 15) is 4.79 Å². The maximum absolute atomic E-state index is 10.7. The molecule has 1 N–H and O–H groups in total. The number of rotatable bonds is 2. The Kier molecular flexibility index (Phi) is 2.59. The second-order valence-corrected chi connectivity index (χ2v) is 4.24. The molecule has 1 aliphatic heterocycles. The van der Waals surface area contributed by atoms with E-state index in [4.69, 9.17) is 9.84 Å². The van der Waals surface area contributed by atoms with E-state index < -0.39 is 5.97 Å². The van der Waals surface area contributed by atoms with Crippen LogP contribution in [0.2, 0.25) is 0 Å². The number of fused-ring (bicyclic) bond motifs is 1. The average molecular weight is 196 g/mol. The van der Waals surface area contributed by atoms with Gasteiger partial charge in [0.15, 0.2) is 0 Å². The highest BCUT2D eigenvalue weighted by Crippen LogP contribution is 2.40. The Hall–Kier alpha value is -0.830. The van der Waals surface area contributed by atoms with Crippen LogP contribution in [-0.2, 0) is 9.53 Å². The van der Waals surface area contributed by atoms with E-state index >= 15 is 0 Å². The van der Waals surface area contributed by atoms with Crippen LogP contribution in [0.5, 0.6) is 0 Å². The molecule has 1 heterocycles. The van der Waals surface area contributed by atoms with E-state index in [1.807, 2.05) is 6.08 Å². The lowest BCUT2D eigenvalue weighted by Crippen LogP contribution is -2.08. The number of hydrogen-bond donors (Lipinski definition) is 1. The standard InChI is InChI=1S/C11H16O3/c1-7(11(12)13)6-8-4-2-3-5-9-10(8)14-9/h6,8-10H,2-5H2,1H3,(H,12,13). The van der Waals surface area contributed by atoms with Crippen molar-refractivity contribution in [3.05, 3.63) is 11.6 Å². The summed E-state index contributed by atoms with van der Waals surface area (Å²) in [6, 6.07) is 0. The average Bonchev–Trinajstić information content (AvgIpc) is 2.87. The molecule has 1 aliphatic carbocycles. The van der Waals surface area contributed by atoms with Crippen LogP contribution in [-0.4, -0.2) is 23.3 Å². The Balaban J connectivity index is 2.02. The van der Waals surface area contributed by atoms with Gasteiger partial charge in [0.05, 0.1) is 12.2 Å². The quantitative estimate of drug-likeness (QED) is 0.542. The predicted molar refractivity (Wildman–Crippen MR) is 52.0 cm³/mol. The first-order valence-corrected chi connectivity index (χ1v) is 5.25. The largest absolute Gasteiger partial charge is 0.478 e. The fraction of sp³-hybridized carbons (Fsp3) is 0.727. The Morgan fingerprint density at radius 3 is 2.86 bits per heavy atom. The minimum absolute atomic E-state index is 0.312. The van der Waals surface area contributed by atoms with E-state index in [1.54, 1.807) is 6.92 Å². The fourth-order valence-corrected chi connectivity index (χ4v) is 2.23. The van der Waals surface area contributed by atoms with Gasteiger partial charge in [-0.3, -0.25) is 0 Å². The van der Waals surface area contributed by atoms with E-state index in [2.05, 4.69) is 0 Å². The number of carboxylic acids is 1. The zero-order chi connectivity index (χ0) is 10.1. The third-order valence-electron chi connectivity index (χ3n) is 3.12. The number of ether oxygens (including phenoxy) is 1. The van der Waals surface area contributed by atoms with Crippen LogP contribution in [0.3, 0.4) is 0 Å². The minimum Gasteiger partial charge on any atom is -0.478 e. The Bertz CT molecular complexity index is 270. The lowest BCUT2D eigenvalue weighted by molar-refractivity contribution is -0.132. The van der Waals surface area contributed by atoms with Gasteiger partial charge in [0.25, 0.3) is 0 Å². The smallest absolute Gasteiger partial charge is 0.330 e. The summed E-state index contributed by atoms with van der Waals surface area (Å²) in [4.78, 5) is 10.7. The molecule has 3 unspecified atom stereocenters. The van der Waals surface area contributed by atoms with Crippen molar-refractivity contribution in [3.8, 4) is 0 Å². The molecule has 14 heavy (non-hydrogen) atoms. The van der Waals surface area contributed by atoms with Crippen molar-refractivity contribution in [1.82, 2.24) is 0 Å². The lowest BCUT2D eigenvalue weighted by Gasteiger charge is -2.08. The number of carboxylic acid groups (broad SMARTS) is 1. The molecule has 0 spiro atoms. The molecule has 78 valence electrons. The highest BCUT2D eigenvalue weighted by atomic mass is 16.6. The van der Waals surface area contributed by atoms with E-state index in [0.717, 1.165) is 12.8 Å². The van der Waals surface area contributed by atoms with Gasteiger partial charge >= 0.3 is 5.97 Å². The van der Waals surface area contributed by atoms with Gasteiger partial charge in [-0.15, -0.1) is 0 Å². The SMILES string of the molecule is CC(=CC1CCCCC2OC12)C(=O)O. The van der Waals surface area contributed by atoms with Crippen LogP contribution in [0.1, 0.15) is 32.6 Å². The van der Waals surface area contributed by atoms with Gasteiger partial charge in [-0.25, -0.2) is 4.79 Å². The molecule has 2 fully saturated rings. The summed E-state index contributed by atoms with van der Waals surface area (Å²) in [6.07, 6.45) is 7.25. The highest BCUT2D eigenvalue weighted by molar-refractivity contribution is 5.85. The van der Waals surface area contributed by atoms with Crippen molar-refractivity contribution >= 4 is 5.97 Å². The molecule has 0 aromatic heterocycles. The summed E-state index contributed by atoms with van der Waals surface area (Å²) in [7, 11) is 0.